The summed E-state index contributed by atoms with van der Waals surface area (Å²) in [4.78, 5) is 14.2. The summed E-state index contributed by atoms with van der Waals surface area (Å²) in [5, 5.41) is 8.75. The van der Waals surface area contributed by atoms with Gasteiger partial charge in [-0.25, -0.2) is 10.5 Å². The van der Waals surface area contributed by atoms with Crippen molar-refractivity contribution < 1.29 is 4.74 Å². The number of hydrogen-bond donors (Lipinski definition) is 2. The zero-order valence-electron chi connectivity index (χ0n) is 11.2. The molecule has 1 saturated heterocycles. The van der Waals surface area contributed by atoms with Gasteiger partial charge in [-0.2, -0.15) is 5.10 Å². The average Bonchev–Trinajstić information content (AvgIpc) is 2.97. The highest BCUT2D eigenvalue weighted by molar-refractivity contribution is 7.10. The van der Waals surface area contributed by atoms with Gasteiger partial charge in [0.15, 0.2) is 0 Å². The highest BCUT2D eigenvalue weighted by Crippen LogP contribution is 2.16. The normalized spacial score (nSPS) is 15.2. The Labute approximate surface area is 124 Å². The second-order valence-electron chi connectivity index (χ2n) is 4.50. The van der Waals surface area contributed by atoms with Crippen molar-refractivity contribution in [2.75, 3.05) is 36.6 Å². The van der Waals surface area contributed by atoms with E-state index in [1.807, 2.05) is 0 Å². The first kappa shape index (κ1) is 13.9. The van der Waals surface area contributed by atoms with Gasteiger partial charge in [0, 0.05) is 30.7 Å². The zero-order valence-corrected chi connectivity index (χ0v) is 12.0. The fourth-order valence-corrected chi connectivity index (χ4v) is 2.59. The number of nitrogens with one attached hydrogen (secondary N) is 1. The van der Waals surface area contributed by atoms with Crippen LogP contribution in [0.25, 0.3) is 0 Å². The van der Waals surface area contributed by atoms with Gasteiger partial charge >= 0.3 is 0 Å². The summed E-state index contributed by atoms with van der Waals surface area (Å²) in [6.45, 7) is 3.10. The van der Waals surface area contributed by atoms with Gasteiger partial charge in [-0.15, -0.1) is 5.10 Å². The van der Waals surface area contributed by atoms with Crippen molar-refractivity contribution >= 4 is 22.2 Å². The molecule has 0 saturated carbocycles. The maximum atomic E-state index is 12.2. The fourth-order valence-electron chi connectivity index (χ4n) is 2.10. The van der Waals surface area contributed by atoms with Crippen LogP contribution in [0, 0.1) is 0 Å². The van der Waals surface area contributed by atoms with Crippen LogP contribution in [-0.2, 0) is 11.3 Å². The minimum absolute atomic E-state index is 0.185. The Kier molecular flexibility index (Phi) is 4.08. The van der Waals surface area contributed by atoms with Gasteiger partial charge in [-0.1, -0.05) is 4.49 Å². The second kappa shape index (κ2) is 6.16. The second-order valence-corrected chi connectivity index (χ2v) is 5.26. The summed E-state index contributed by atoms with van der Waals surface area (Å²) in [5.74, 6) is 5.36. The molecule has 0 bridgehead atoms. The van der Waals surface area contributed by atoms with Gasteiger partial charge in [0.2, 0.25) is 0 Å². The molecule has 21 heavy (non-hydrogen) atoms. The number of nitrogens with zero attached hydrogens (tertiary/aromatic N) is 5. The third-order valence-electron chi connectivity index (χ3n) is 3.22. The van der Waals surface area contributed by atoms with Crippen molar-refractivity contribution in [3.8, 4) is 0 Å². The summed E-state index contributed by atoms with van der Waals surface area (Å²) >= 11 is 1.14. The number of nitrogens with two attached hydrogens (primary N) is 1. The Morgan fingerprint density at radius 2 is 2.24 bits per heavy atom. The van der Waals surface area contributed by atoms with Crippen molar-refractivity contribution in [1.29, 1.82) is 0 Å². The molecule has 0 atom stereocenters. The smallest absolute Gasteiger partial charge is 0.269 e. The fraction of sp³-hybridized carbons (Fsp3) is 0.455. The number of hydrogen-bond acceptors (Lipinski definition) is 9. The molecule has 2 aromatic heterocycles. The maximum Gasteiger partial charge on any atom is 0.269 e. The number of ether oxygens (including phenoxy) is 1. The average molecular weight is 309 g/mol. The van der Waals surface area contributed by atoms with Crippen LogP contribution in [-0.4, -0.2) is 45.7 Å². The first-order chi connectivity index (χ1) is 10.3. The predicted molar refractivity (Wildman–Crippen MR) is 78.4 cm³/mol. The molecule has 112 valence electrons. The minimum atomic E-state index is -0.185. The number of nitrogen functional groups attached to an aromatic ring is 1. The maximum absolute atomic E-state index is 12.2. The van der Waals surface area contributed by atoms with Gasteiger partial charge in [-0.3, -0.25) is 4.79 Å². The summed E-state index contributed by atoms with van der Waals surface area (Å²) in [5.41, 5.74) is 3.73. The van der Waals surface area contributed by atoms with E-state index in [0.717, 1.165) is 30.3 Å². The molecule has 3 heterocycles. The van der Waals surface area contributed by atoms with E-state index in [2.05, 4.69) is 25.0 Å². The van der Waals surface area contributed by atoms with Crippen LogP contribution in [0.5, 0.6) is 0 Å². The Morgan fingerprint density at radius 3 is 2.95 bits per heavy atom. The van der Waals surface area contributed by atoms with E-state index in [0.29, 0.717) is 23.9 Å². The zero-order chi connectivity index (χ0) is 14.7. The molecule has 3 rings (SSSR count). The van der Waals surface area contributed by atoms with E-state index in [1.165, 1.54) is 4.68 Å². The topological polar surface area (TPSA) is 111 Å². The first-order valence-electron chi connectivity index (χ1n) is 6.45. The van der Waals surface area contributed by atoms with E-state index < -0.39 is 0 Å². The molecule has 0 spiro atoms. The predicted octanol–water partition coefficient (Wildman–Crippen LogP) is -0.735. The number of morpholine rings is 1. The summed E-state index contributed by atoms with van der Waals surface area (Å²) < 4.78 is 10.4. The number of anilines is 2. The van der Waals surface area contributed by atoms with Gasteiger partial charge in [0.25, 0.3) is 5.56 Å². The minimum Gasteiger partial charge on any atom is -0.378 e. The molecule has 3 N–H and O–H groups in total. The van der Waals surface area contributed by atoms with Crippen LogP contribution < -0.4 is 21.7 Å². The Morgan fingerprint density at radius 1 is 1.43 bits per heavy atom. The summed E-state index contributed by atoms with van der Waals surface area (Å²) in [6.07, 6.45) is 1.68. The van der Waals surface area contributed by atoms with E-state index in [-0.39, 0.29) is 12.1 Å². The SMILES string of the molecule is NNc1snnc1Cn1ncc(N2CCOCC2)cc1=O. The standard InChI is InChI=1S/C11H15N7O2S/c12-14-11-9(15-16-21-11)7-18-10(19)5-8(6-13-18)17-1-3-20-4-2-17/h5-6,14H,1-4,7,12H2. The number of hydrazine groups is 1. The number of rotatable bonds is 4. The molecule has 0 amide bonds. The number of aromatic nitrogens is 4. The summed E-state index contributed by atoms with van der Waals surface area (Å²) in [7, 11) is 0. The molecule has 1 fully saturated rings. The lowest BCUT2D eigenvalue weighted by molar-refractivity contribution is 0.122. The lowest BCUT2D eigenvalue weighted by Crippen LogP contribution is -2.37. The molecule has 10 heteroatoms. The molecule has 1 aliphatic heterocycles. The van der Waals surface area contributed by atoms with Crippen LogP contribution in [0.1, 0.15) is 5.69 Å². The summed E-state index contributed by atoms with van der Waals surface area (Å²) in [6, 6.07) is 1.58. The largest absolute Gasteiger partial charge is 0.378 e. The van der Waals surface area contributed by atoms with Gasteiger partial charge < -0.3 is 15.1 Å². The Hall–Kier alpha value is -2.04. The first-order valence-corrected chi connectivity index (χ1v) is 7.23. The lowest BCUT2D eigenvalue weighted by Gasteiger charge is -2.28. The third kappa shape index (κ3) is 3.01. The Bertz CT molecular complexity index is 665. The Balaban J connectivity index is 1.79. The van der Waals surface area contributed by atoms with Gasteiger partial charge in [0.1, 0.15) is 10.7 Å². The monoisotopic (exact) mass is 309 g/mol. The van der Waals surface area contributed by atoms with Crippen LogP contribution >= 0.6 is 11.5 Å². The van der Waals surface area contributed by atoms with Crippen LogP contribution in [0.15, 0.2) is 17.1 Å². The molecule has 0 radical (unpaired) electrons. The van der Waals surface area contributed by atoms with Crippen molar-refractivity contribution in [2.45, 2.75) is 6.54 Å². The highest BCUT2D eigenvalue weighted by atomic mass is 32.1. The van der Waals surface area contributed by atoms with Gasteiger partial charge in [0.05, 0.1) is 31.6 Å². The van der Waals surface area contributed by atoms with Crippen LogP contribution in [0.3, 0.4) is 0 Å². The van der Waals surface area contributed by atoms with E-state index in [9.17, 15) is 4.79 Å². The van der Waals surface area contributed by atoms with Crippen molar-refractivity contribution in [1.82, 2.24) is 19.4 Å². The molecular formula is C11H15N7O2S. The molecule has 9 nitrogen and oxygen atoms in total. The van der Waals surface area contributed by atoms with Crippen molar-refractivity contribution in [3.05, 3.63) is 28.3 Å². The molecule has 0 unspecified atom stereocenters. The van der Waals surface area contributed by atoms with Crippen molar-refractivity contribution in [3.63, 3.8) is 0 Å². The molecule has 0 aromatic carbocycles. The van der Waals surface area contributed by atoms with Crippen LogP contribution in [0.4, 0.5) is 10.7 Å². The van der Waals surface area contributed by atoms with E-state index >= 15 is 0 Å². The quantitative estimate of drug-likeness (QED) is 0.561. The van der Waals surface area contributed by atoms with E-state index in [1.54, 1.807) is 12.3 Å². The van der Waals surface area contributed by atoms with E-state index in [4.69, 9.17) is 10.6 Å². The molecule has 0 aliphatic carbocycles. The van der Waals surface area contributed by atoms with Crippen molar-refractivity contribution in [2.24, 2.45) is 5.84 Å². The lowest BCUT2D eigenvalue weighted by atomic mass is 10.3. The molecular weight excluding hydrogens is 294 g/mol. The molecule has 1 aliphatic rings. The van der Waals surface area contributed by atoms with Gasteiger partial charge in [-0.05, 0) is 0 Å². The third-order valence-corrected chi connectivity index (χ3v) is 3.92. The highest BCUT2D eigenvalue weighted by Gasteiger charge is 2.14. The van der Waals surface area contributed by atoms with Crippen LogP contribution in [0.2, 0.25) is 0 Å². The molecule has 2 aromatic rings.